The molecule has 0 spiro atoms. The van der Waals surface area contributed by atoms with Crippen LogP contribution in [-0.2, 0) is 17.1 Å². The summed E-state index contributed by atoms with van der Waals surface area (Å²) in [6.07, 6.45) is 1.50. The van der Waals surface area contributed by atoms with E-state index >= 15 is 0 Å². The quantitative estimate of drug-likeness (QED) is 0.852. The van der Waals surface area contributed by atoms with Crippen molar-refractivity contribution in [2.45, 2.75) is 26.7 Å². The molecule has 0 radical (unpaired) electrons. The van der Waals surface area contributed by atoms with Crippen LogP contribution in [0.25, 0.3) is 0 Å². The Labute approximate surface area is 142 Å². The van der Waals surface area contributed by atoms with Crippen LogP contribution in [0.3, 0.4) is 0 Å². The van der Waals surface area contributed by atoms with E-state index in [-0.39, 0.29) is 17.6 Å². The molecular formula is C14H23ClN4O3S. The molecule has 0 unspecified atom stereocenters. The van der Waals surface area contributed by atoms with Gasteiger partial charge in [-0.15, -0.1) is 0 Å². The summed E-state index contributed by atoms with van der Waals surface area (Å²) < 4.78 is 26.7. The normalized spacial score (nSPS) is 17.4. The molecule has 1 aromatic rings. The van der Waals surface area contributed by atoms with Crippen LogP contribution in [0.15, 0.2) is 0 Å². The summed E-state index contributed by atoms with van der Waals surface area (Å²) >= 11 is 6.10. The molecule has 0 atom stereocenters. The summed E-state index contributed by atoms with van der Waals surface area (Å²) in [5.74, 6) is 0.157. The highest BCUT2D eigenvalue weighted by Gasteiger charge is 2.27. The predicted octanol–water partition coefficient (Wildman–Crippen LogP) is 1.17. The van der Waals surface area contributed by atoms with Gasteiger partial charge < -0.3 is 5.32 Å². The Morgan fingerprint density at radius 2 is 2.00 bits per heavy atom. The third-order valence-corrected chi connectivity index (χ3v) is 6.58. The predicted molar refractivity (Wildman–Crippen MR) is 89.0 cm³/mol. The average Bonchev–Trinajstić information content (AvgIpc) is 2.78. The second-order valence-corrected chi connectivity index (χ2v) is 8.46. The number of carbonyl (C=O) groups is 1. The number of hydrogen-bond donors (Lipinski definition) is 1. The standard InChI is InChI=1S/C14H23ClN4O3S/c1-4-23(21,22)19-7-5-11(6-8-19)9-16-14(20)13-12(15)10(2)17-18(13)3/h11H,4-9H2,1-3H3,(H,16,20). The number of rotatable bonds is 5. The lowest BCUT2D eigenvalue weighted by molar-refractivity contribution is 0.0932. The zero-order valence-corrected chi connectivity index (χ0v) is 15.2. The first-order valence-corrected chi connectivity index (χ1v) is 9.70. The van der Waals surface area contributed by atoms with Crippen LogP contribution in [0.4, 0.5) is 0 Å². The van der Waals surface area contributed by atoms with E-state index in [2.05, 4.69) is 10.4 Å². The van der Waals surface area contributed by atoms with E-state index in [1.807, 2.05) is 0 Å². The molecule has 1 fully saturated rings. The van der Waals surface area contributed by atoms with Gasteiger partial charge in [-0.05, 0) is 32.6 Å². The van der Waals surface area contributed by atoms with Crippen molar-refractivity contribution in [3.8, 4) is 0 Å². The first-order chi connectivity index (χ1) is 10.8. The number of hydrogen-bond acceptors (Lipinski definition) is 4. The molecule has 1 N–H and O–H groups in total. The summed E-state index contributed by atoms with van der Waals surface area (Å²) in [7, 11) is -1.43. The van der Waals surface area contributed by atoms with Crippen molar-refractivity contribution in [1.82, 2.24) is 19.4 Å². The Balaban J connectivity index is 1.87. The van der Waals surface area contributed by atoms with E-state index in [0.29, 0.717) is 36.0 Å². The van der Waals surface area contributed by atoms with Gasteiger partial charge in [-0.25, -0.2) is 12.7 Å². The smallest absolute Gasteiger partial charge is 0.271 e. The van der Waals surface area contributed by atoms with Gasteiger partial charge in [0.25, 0.3) is 5.91 Å². The van der Waals surface area contributed by atoms with E-state index in [1.165, 1.54) is 8.99 Å². The van der Waals surface area contributed by atoms with Crippen LogP contribution < -0.4 is 5.32 Å². The van der Waals surface area contributed by atoms with Crippen LogP contribution in [0, 0.1) is 12.8 Å². The Bertz CT molecular complexity index is 678. The highest BCUT2D eigenvalue weighted by atomic mass is 35.5. The van der Waals surface area contributed by atoms with Gasteiger partial charge in [0.1, 0.15) is 5.69 Å². The lowest BCUT2D eigenvalue weighted by Gasteiger charge is -2.31. The van der Waals surface area contributed by atoms with Crippen molar-refractivity contribution < 1.29 is 13.2 Å². The lowest BCUT2D eigenvalue weighted by atomic mass is 9.98. The van der Waals surface area contributed by atoms with Gasteiger partial charge in [0.05, 0.1) is 16.5 Å². The molecule has 130 valence electrons. The van der Waals surface area contributed by atoms with E-state index in [9.17, 15) is 13.2 Å². The lowest BCUT2D eigenvalue weighted by Crippen LogP contribution is -2.42. The maximum Gasteiger partial charge on any atom is 0.271 e. The van der Waals surface area contributed by atoms with Crippen molar-refractivity contribution in [2.24, 2.45) is 13.0 Å². The molecule has 9 heteroatoms. The summed E-state index contributed by atoms with van der Waals surface area (Å²) in [5.41, 5.74) is 0.979. The SMILES string of the molecule is CCS(=O)(=O)N1CCC(CNC(=O)c2c(Cl)c(C)nn2C)CC1. The van der Waals surface area contributed by atoms with E-state index < -0.39 is 10.0 Å². The number of sulfonamides is 1. The maximum absolute atomic E-state index is 12.2. The Kier molecular flexibility index (Phi) is 5.70. The first kappa shape index (κ1) is 18.2. The van der Waals surface area contributed by atoms with Crippen molar-refractivity contribution in [3.63, 3.8) is 0 Å². The van der Waals surface area contributed by atoms with Gasteiger partial charge in [0.2, 0.25) is 10.0 Å². The molecule has 1 aromatic heterocycles. The Morgan fingerprint density at radius 1 is 1.39 bits per heavy atom. The zero-order chi connectivity index (χ0) is 17.2. The molecule has 2 heterocycles. The van der Waals surface area contributed by atoms with E-state index in [4.69, 9.17) is 11.6 Å². The number of aryl methyl sites for hydroxylation is 2. The molecule has 7 nitrogen and oxygen atoms in total. The van der Waals surface area contributed by atoms with Crippen molar-refractivity contribution in [3.05, 3.63) is 16.4 Å². The van der Waals surface area contributed by atoms with Crippen LogP contribution in [0.2, 0.25) is 5.02 Å². The summed E-state index contributed by atoms with van der Waals surface area (Å²) in [4.78, 5) is 12.2. The molecular weight excluding hydrogens is 340 g/mol. The Hall–Kier alpha value is -1.12. The first-order valence-electron chi connectivity index (χ1n) is 7.71. The fraction of sp³-hybridized carbons (Fsp3) is 0.714. The second kappa shape index (κ2) is 7.19. The number of nitrogens with one attached hydrogen (secondary N) is 1. The molecule has 1 saturated heterocycles. The van der Waals surface area contributed by atoms with Gasteiger partial charge in [-0.1, -0.05) is 11.6 Å². The van der Waals surface area contributed by atoms with Gasteiger partial charge >= 0.3 is 0 Å². The Morgan fingerprint density at radius 3 is 2.48 bits per heavy atom. The third kappa shape index (κ3) is 4.05. The van der Waals surface area contributed by atoms with Crippen LogP contribution in [-0.4, -0.2) is 53.8 Å². The number of carbonyl (C=O) groups excluding carboxylic acids is 1. The largest absolute Gasteiger partial charge is 0.350 e. The molecule has 1 amide bonds. The molecule has 1 aliphatic heterocycles. The number of halogens is 1. The second-order valence-electron chi connectivity index (χ2n) is 5.82. The van der Waals surface area contributed by atoms with Crippen molar-refractivity contribution >= 4 is 27.5 Å². The monoisotopic (exact) mass is 362 g/mol. The number of aromatic nitrogens is 2. The number of piperidine rings is 1. The van der Waals surface area contributed by atoms with Gasteiger partial charge in [-0.3, -0.25) is 9.48 Å². The van der Waals surface area contributed by atoms with Gasteiger partial charge in [0, 0.05) is 26.7 Å². The van der Waals surface area contributed by atoms with Crippen LogP contribution in [0.1, 0.15) is 35.9 Å². The maximum atomic E-state index is 12.2. The van der Waals surface area contributed by atoms with Crippen LogP contribution >= 0.6 is 11.6 Å². The molecule has 0 saturated carbocycles. The third-order valence-electron chi connectivity index (χ3n) is 4.25. The van der Waals surface area contributed by atoms with Gasteiger partial charge in [0.15, 0.2) is 0 Å². The fourth-order valence-electron chi connectivity index (χ4n) is 2.77. The molecule has 0 aromatic carbocycles. The van der Waals surface area contributed by atoms with E-state index in [1.54, 1.807) is 20.9 Å². The molecule has 1 aliphatic rings. The summed E-state index contributed by atoms with van der Waals surface area (Å²) in [5, 5.41) is 7.37. The molecule has 0 aliphatic carbocycles. The molecule has 23 heavy (non-hydrogen) atoms. The minimum absolute atomic E-state index is 0.132. The average molecular weight is 363 g/mol. The number of nitrogens with zero attached hydrogens (tertiary/aromatic N) is 3. The van der Waals surface area contributed by atoms with Crippen LogP contribution in [0.5, 0.6) is 0 Å². The summed E-state index contributed by atoms with van der Waals surface area (Å²) in [6.45, 7) is 4.95. The molecule has 0 bridgehead atoms. The molecule has 2 rings (SSSR count). The summed E-state index contributed by atoms with van der Waals surface area (Å²) in [6, 6.07) is 0. The van der Waals surface area contributed by atoms with E-state index in [0.717, 1.165) is 12.8 Å². The topological polar surface area (TPSA) is 84.3 Å². The fourth-order valence-corrected chi connectivity index (χ4v) is 4.15. The highest BCUT2D eigenvalue weighted by molar-refractivity contribution is 7.89. The van der Waals surface area contributed by atoms with Crippen molar-refractivity contribution in [1.29, 1.82) is 0 Å². The van der Waals surface area contributed by atoms with Crippen molar-refractivity contribution in [2.75, 3.05) is 25.4 Å². The highest BCUT2D eigenvalue weighted by Crippen LogP contribution is 2.21. The van der Waals surface area contributed by atoms with Gasteiger partial charge in [-0.2, -0.15) is 5.10 Å². The minimum Gasteiger partial charge on any atom is -0.350 e. The zero-order valence-electron chi connectivity index (χ0n) is 13.7. The number of amides is 1. The minimum atomic E-state index is -3.11.